The maximum Gasteiger partial charge on any atom is 0.336 e. The number of nitro benzene ring substituents is 1. The number of aliphatic imine (C=N–C) groups is 1. The van der Waals surface area contributed by atoms with Gasteiger partial charge in [-0.05, 0) is 27.2 Å². The lowest BCUT2D eigenvalue weighted by molar-refractivity contribution is -0.385. The molecule has 0 saturated heterocycles. The van der Waals surface area contributed by atoms with E-state index >= 15 is 0 Å². The molecule has 0 fully saturated rings. The molecular weight excluding hydrogens is 448 g/mol. The molecule has 0 saturated carbocycles. The molecule has 1 aliphatic rings. The molecule has 1 aromatic rings. The molecule has 1 aliphatic heterocycles. The van der Waals surface area contributed by atoms with Crippen LogP contribution in [0.2, 0.25) is 0 Å². The summed E-state index contributed by atoms with van der Waals surface area (Å²) in [5.74, 6) is -3.04. The second-order valence-electron chi connectivity index (χ2n) is 8.89. The van der Waals surface area contributed by atoms with Crippen LogP contribution in [0.15, 0.2) is 40.5 Å². The number of nitrogens with zero attached hydrogens (tertiary/aromatic N) is 2. The van der Waals surface area contributed by atoms with Gasteiger partial charge in [0, 0.05) is 29.0 Å². The molecule has 0 amide bonds. The highest BCUT2D eigenvalue weighted by Gasteiger charge is 2.44. The van der Waals surface area contributed by atoms with Gasteiger partial charge < -0.3 is 9.47 Å². The van der Waals surface area contributed by atoms with E-state index in [1.54, 1.807) is 39.0 Å². The zero-order valence-corrected chi connectivity index (χ0v) is 21.4. The van der Waals surface area contributed by atoms with E-state index in [-0.39, 0.29) is 30.0 Å². The Labute approximate surface area is 207 Å². The maximum atomic E-state index is 13.2. The van der Waals surface area contributed by atoms with Gasteiger partial charge in [0.05, 0.1) is 23.7 Å². The minimum atomic E-state index is -0.953. The standard InChI is InChI=1S/C27H38N2O6/c1-5-7-8-9-10-11-12-15-18-35-27(31)24-20(4)28-19(3)23(26(30)34-6-2)25(24)21-16-13-14-17-22(21)29(32)33/h13-14,16-17,23,25H,5-12,15,18H2,1-4H3. The Morgan fingerprint density at radius 2 is 1.60 bits per heavy atom. The summed E-state index contributed by atoms with van der Waals surface area (Å²) in [4.78, 5) is 41.9. The number of ether oxygens (including phenoxy) is 2. The SMILES string of the molecule is CCCCCCCCCCOC(=O)C1=C(C)N=C(C)C(C(=O)OCC)C1c1ccccc1[N+](=O)[O-]. The smallest absolute Gasteiger partial charge is 0.336 e. The molecule has 0 bridgehead atoms. The lowest BCUT2D eigenvalue weighted by Gasteiger charge is -2.31. The molecule has 2 unspecified atom stereocenters. The third-order valence-corrected chi connectivity index (χ3v) is 6.29. The largest absolute Gasteiger partial charge is 0.465 e. The number of nitro groups is 1. The Bertz CT molecular complexity index is 953. The number of para-hydroxylation sites is 1. The van der Waals surface area contributed by atoms with Crippen molar-refractivity contribution in [1.82, 2.24) is 0 Å². The summed E-state index contributed by atoms with van der Waals surface area (Å²) >= 11 is 0. The van der Waals surface area contributed by atoms with Crippen molar-refractivity contribution in [3.63, 3.8) is 0 Å². The third kappa shape index (κ3) is 7.73. The van der Waals surface area contributed by atoms with Gasteiger partial charge in [0.2, 0.25) is 0 Å². The minimum absolute atomic E-state index is 0.146. The molecule has 2 atom stereocenters. The molecule has 0 aliphatic carbocycles. The van der Waals surface area contributed by atoms with Gasteiger partial charge in [-0.3, -0.25) is 19.9 Å². The second-order valence-corrected chi connectivity index (χ2v) is 8.89. The lowest BCUT2D eigenvalue weighted by atomic mass is 9.75. The van der Waals surface area contributed by atoms with Crippen LogP contribution in [-0.2, 0) is 19.1 Å². The van der Waals surface area contributed by atoms with Crippen molar-refractivity contribution in [2.75, 3.05) is 13.2 Å². The number of unbranched alkanes of at least 4 members (excludes halogenated alkanes) is 7. The van der Waals surface area contributed by atoms with Crippen LogP contribution in [0.3, 0.4) is 0 Å². The van der Waals surface area contributed by atoms with Gasteiger partial charge >= 0.3 is 11.9 Å². The van der Waals surface area contributed by atoms with E-state index in [1.165, 1.54) is 38.2 Å². The molecule has 35 heavy (non-hydrogen) atoms. The fourth-order valence-electron chi connectivity index (χ4n) is 4.57. The molecule has 8 heteroatoms. The van der Waals surface area contributed by atoms with Crippen LogP contribution in [-0.4, -0.2) is 35.8 Å². The van der Waals surface area contributed by atoms with Crippen LogP contribution in [0.25, 0.3) is 0 Å². The highest BCUT2D eigenvalue weighted by atomic mass is 16.6. The number of hydrogen-bond donors (Lipinski definition) is 0. The second kappa shape index (κ2) is 14.4. The molecule has 0 radical (unpaired) electrons. The van der Waals surface area contributed by atoms with Gasteiger partial charge in [0.1, 0.15) is 5.92 Å². The molecular formula is C27H38N2O6. The Balaban J connectivity index is 2.23. The third-order valence-electron chi connectivity index (χ3n) is 6.29. The van der Waals surface area contributed by atoms with Gasteiger partial charge in [-0.1, -0.05) is 70.1 Å². The number of carbonyl (C=O) groups excluding carboxylic acids is 2. The van der Waals surface area contributed by atoms with E-state index in [4.69, 9.17) is 9.47 Å². The van der Waals surface area contributed by atoms with Crippen molar-refractivity contribution >= 4 is 23.3 Å². The number of allylic oxidation sites excluding steroid dienone is 1. The van der Waals surface area contributed by atoms with Crippen LogP contribution in [0.4, 0.5) is 5.69 Å². The summed E-state index contributed by atoms with van der Waals surface area (Å²) in [5, 5.41) is 11.8. The molecule has 192 valence electrons. The van der Waals surface area contributed by atoms with Crippen molar-refractivity contribution < 1.29 is 24.0 Å². The van der Waals surface area contributed by atoms with Crippen molar-refractivity contribution in [1.29, 1.82) is 0 Å². The van der Waals surface area contributed by atoms with Crippen molar-refractivity contribution in [3.05, 3.63) is 51.2 Å². The predicted octanol–water partition coefficient (Wildman–Crippen LogP) is 6.29. The van der Waals surface area contributed by atoms with E-state index in [0.29, 0.717) is 11.4 Å². The molecule has 0 spiro atoms. The molecule has 0 N–H and O–H groups in total. The van der Waals surface area contributed by atoms with Crippen LogP contribution in [0.5, 0.6) is 0 Å². The topological polar surface area (TPSA) is 108 Å². The van der Waals surface area contributed by atoms with Crippen molar-refractivity contribution in [2.45, 2.75) is 85.0 Å². The first-order chi connectivity index (χ1) is 16.8. The highest BCUT2D eigenvalue weighted by Crippen LogP contribution is 2.43. The predicted molar refractivity (Wildman–Crippen MR) is 135 cm³/mol. The Hall–Kier alpha value is -3.03. The first-order valence-corrected chi connectivity index (χ1v) is 12.7. The fraction of sp³-hybridized carbons (Fsp3) is 0.593. The normalized spacial score (nSPS) is 17.7. The zero-order valence-electron chi connectivity index (χ0n) is 21.4. The van der Waals surface area contributed by atoms with E-state index < -0.39 is 28.7 Å². The summed E-state index contributed by atoms with van der Waals surface area (Å²) in [6, 6.07) is 6.16. The zero-order chi connectivity index (χ0) is 25.8. The van der Waals surface area contributed by atoms with Crippen molar-refractivity contribution in [2.24, 2.45) is 10.9 Å². The van der Waals surface area contributed by atoms with E-state index in [1.807, 2.05) is 0 Å². The minimum Gasteiger partial charge on any atom is -0.465 e. The molecule has 1 aromatic carbocycles. The first kappa shape index (κ1) is 28.2. The van der Waals surface area contributed by atoms with Crippen molar-refractivity contribution in [3.8, 4) is 0 Å². The Morgan fingerprint density at radius 1 is 0.971 bits per heavy atom. The van der Waals surface area contributed by atoms with E-state index in [2.05, 4.69) is 11.9 Å². The Kier molecular flexibility index (Phi) is 11.6. The summed E-state index contributed by atoms with van der Waals surface area (Å²) < 4.78 is 10.8. The monoisotopic (exact) mass is 486 g/mol. The van der Waals surface area contributed by atoms with Gasteiger partial charge in [-0.2, -0.15) is 0 Å². The van der Waals surface area contributed by atoms with Crippen LogP contribution in [0.1, 0.15) is 90.5 Å². The molecule has 1 heterocycles. The average Bonchev–Trinajstić information content (AvgIpc) is 2.82. The summed E-state index contributed by atoms with van der Waals surface area (Å²) in [6.45, 7) is 7.62. The van der Waals surface area contributed by atoms with Gasteiger partial charge in [0.25, 0.3) is 5.69 Å². The maximum absolute atomic E-state index is 13.2. The summed E-state index contributed by atoms with van der Waals surface area (Å²) in [6.07, 6.45) is 8.95. The van der Waals surface area contributed by atoms with Crippen LogP contribution >= 0.6 is 0 Å². The molecule has 8 nitrogen and oxygen atoms in total. The summed E-state index contributed by atoms with van der Waals surface area (Å²) in [7, 11) is 0. The highest BCUT2D eigenvalue weighted by molar-refractivity contribution is 6.07. The molecule has 0 aromatic heterocycles. The average molecular weight is 487 g/mol. The number of esters is 2. The van der Waals surface area contributed by atoms with Crippen LogP contribution in [0, 0.1) is 16.0 Å². The van der Waals surface area contributed by atoms with Gasteiger partial charge in [-0.15, -0.1) is 0 Å². The van der Waals surface area contributed by atoms with Gasteiger partial charge in [0.15, 0.2) is 0 Å². The lowest BCUT2D eigenvalue weighted by Crippen LogP contribution is -2.37. The van der Waals surface area contributed by atoms with Crippen LogP contribution < -0.4 is 0 Å². The van der Waals surface area contributed by atoms with E-state index in [9.17, 15) is 19.7 Å². The number of rotatable bonds is 14. The van der Waals surface area contributed by atoms with E-state index in [0.717, 1.165) is 19.3 Å². The number of benzene rings is 1. The van der Waals surface area contributed by atoms with Gasteiger partial charge in [-0.25, -0.2) is 4.79 Å². The number of hydrogen-bond acceptors (Lipinski definition) is 7. The number of carbonyl (C=O) groups is 2. The quantitative estimate of drug-likeness (QED) is 0.132. The first-order valence-electron chi connectivity index (χ1n) is 12.7. The Morgan fingerprint density at radius 3 is 2.23 bits per heavy atom. The fourth-order valence-corrected chi connectivity index (χ4v) is 4.57. The summed E-state index contributed by atoms with van der Waals surface area (Å²) in [5.41, 5.74) is 1.12. The molecule has 2 rings (SSSR count).